The van der Waals surface area contributed by atoms with Gasteiger partial charge in [0.15, 0.2) is 0 Å². The minimum atomic E-state index is 0.941. The molecule has 1 rings (SSSR count). The van der Waals surface area contributed by atoms with Gasteiger partial charge in [-0.25, -0.2) is 3.11 Å². The first-order valence-electron chi connectivity index (χ1n) is 4.24. The Morgan fingerprint density at radius 3 is 2.36 bits per heavy atom. The molecule has 2 nitrogen and oxygen atoms in total. The van der Waals surface area contributed by atoms with Gasteiger partial charge < -0.3 is 4.90 Å². The Labute approximate surface area is 83.4 Å². The highest BCUT2D eigenvalue weighted by atomic mass is 127. The van der Waals surface area contributed by atoms with Crippen LogP contribution in [0.15, 0.2) is 0 Å². The lowest BCUT2D eigenvalue weighted by Crippen LogP contribution is -2.31. The standard InChI is InChI=1S/C8H17IN2/c1-10(2)7-8-3-5-11(9)6-4-8/h8H,3-7H2,1-2H3. The summed E-state index contributed by atoms with van der Waals surface area (Å²) in [5.74, 6) is 0.941. The first-order chi connectivity index (χ1) is 5.18. The second-order valence-corrected chi connectivity index (χ2v) is 4.98. The topological polar surface area (TPSA) is 6.48 Å². The lowest BCUT2D eigenvalue weighted by atomic mass is 9.98. The maximum absolute atomic E-state index is 2.42. The van der Waals surface area contributed by atoms with E-state index in [1.165, 1.54) is 32.5 Å². The van der Waals surface area contributed by atoms with Crippen molar-refractivity contribution in [1.82, 2.24) is 8.01 Å². The molecule has 66 valence electrons. The lowest BCUT2D eigenvalue weighted by Gasteiger charge is -2.29. The van der Waals surface area contributed by atoms with Gasteiger partial charge in [-0.05, 0) is 32.9 Å². The SMILES string of the molecule is CN(C)CC1CCN(I)CC1. The molecule has 1 aliphatic heterocycles. The highest BCUT2D eigenvalue weighted by Crippen LogP contribution is 2.19. The van der Waals surface area contributed by atoms with Gasteiger partial charge in [-0.2, -0.15) is 0 Å². The van der Waals surface area contributed by atoms with Crippen molar-refractivity contribution in [1.29, 1.82) is 0 Å². The molecule has 0 radical (unpaired) electrons. The first-order valence-corrected chi connectivity index (χ1v) is 5.20. The number of hydrogen-bond acceptors (Lipinski definition) is 2. The van der Waals surface area contributed by atoms with Gasteiger partial charge in [-0.3, -0.25) is 0 Å². The summed E-state index contributed by atoms with van der Waals surface area (Å²) in [4.78, 5) is 2.30. The molecule has 0 aromatic rings. The normalized spacial score (nSPS) is 22.9. The Balaban J connectivity index is 2.17. The van der Waals surface area contributed by atoms with Gasteiger partial charge >= 0.3 is 0 Å². The molecule has 0 aliphatic carbocycles. The molecular weight excluding hydrogens is 251 g/mol. The summed E-state index contributed by atoms with van der Waals surface area (Å²) in [6, 6.07) is 0. The summed E-state index contributed by atoms with van der Waals surface area (Å²) in [6.45, 7) is 3.82. The minimum absolute atomic E-state index is 0.941. The van der Waals surface area contributed by atoms with E-state index in [9.17, 15) is 0 Å². The smallest absolute Gasteiger partial charge is 0.0201 e. The summed E-state index contributed by atoms with van der Waals surface area (Å²) in [5.41, 5.74) is 0. The van der Waals surface area contributed by atoms with Crippen molar-refractivity contribution in [3.8, 4) is 0 Å². The van der Waals surface area contributed by atoms with Crippen LogP contribution in [0.1, 0.15) is 12.8 Å². The molecule has 1 saturated heterocycles. The number of rotatable bonds is 2. The molecule has 0 amide bonds. The molecule has 11 heavy (non-hydrogen) atoms. The first kappa shape index (κ1) is 9.74. The second kappa shape index (κ2) is 4.62. The largest absolute Gasteiger partial charge is 0.309 e. The van der Waals surface area contributed by atoms with Crippen LogP contribution in [0, 0.1) is 5.92 Å². The van der Waals surface area contributed by atoms with E-state index >= 15 is 0 Å². The second-order valence-electron chi connectivity index (χ2n) is 3.62. The molecule has 1 aliphatic rings. The predicted octanol–water partition coefficient (Wildman–Crippen LogP) is 1.61. The van der Waals surface area contributed by atoms with E-state index in [-0.39, 0.29) is 0 Å². The van der Waals surface area contributed by atoms with Gasteiger partial charge in [-0.15, -0.1) is 0 Å². The molecule has 0 N–H and O–H groups in total. The van der Waals surface area contributed by atoms with Crippen molar-refractivity contribution < 1.29 is 0 Å². The van der Waals surface area contributed by atoms with Crippen molar-refractivity contribution in [2.45, 2.75) is 12.8 Å². The molecule has 1 fully saturated rings. The van der Waals surface area contributed by atoms with E-state index in [0.717, 1.165) is 5.92 Å². The van der Waals surface area contributed by atoms with E-state index in [1.807, 2.05) is 0 Å². The zero-order valence-electron chi connectivity index (χ0n) is 7.39. The highest BCUT2D eigenvalue weighted by Gasteiger charge is 2.17. The predicted molar refractivity (Wildman–Crippen MR) is 56.9 cm³/mol. The Hall–Kier alpha value is 0.650. The zero-order valence-corrected chi connectivity index (χ0v) is 9.54. The quantitative estimate of drug-likeness (QED) is 0.554. The number of piperidine rings is 1. The van der Waals surface area contributed by atoms with E-state index < -0.39 is 0 Å². The van der Waals surface area contributed by atoms with Gasteiger partial charge in [-0.1, -0.05) is 0 Å². The number of nitrogens with zero attached hydrogens (tertiary/aromatic N) is 2. The van der Waals surface area contributed by atoms with Gasteiger partial charge in [0.1, 0.15) is 0 Å². The average molecular weight is 268 g/mol. The molecular formula is C8H17IN2. The monoisotopic (exact) mass is 268 g/mol. The Bertz CT molecular complexity index is 109. The molecule has 0 aromatic carbocycles. The van der Waals surface area contributed by atoms with Crippen LogP contribution < -0.4 is 0 Å². The number of hydrogen-bond donors (Lipinski definition) is 0. The van der Waals surface area contributed by atoms with Crippen molar-refractivity contribution in [3.63, 3.8) is 0 Å². The van der Waals surface area contributed by atoms with E-state index in [2.05, 4.69) is 45.0 Å². The fourth-order valence-electron chi connectivity index (χ4n) is 1.60. The fourth-order valence-corrected chi connectivity index (χ4v) is 2.16. The van der Waals surface area contributed by atoms with Crippen LogP contribution in [-0.2, 0) is 0 Å². The minimum Gasteiger partial charge on any atom is -0.309 e. The third-order valence-corrected chi connectivity index (χ3v) is 3.15. The maximum Gasteiger partial charge on any atom is 0.0201 e. The fraction of sp³-hybridized carbons (Fsp3) is 1.00. The van der Waals surface area contributed by atoms with Gasteiger partial charge in [0, 0.05) is 42.5 Å². The van der Waals surface area contributed by atoms with Gasteiger partial charge in [0.2, 0.25) is 0 Å². The van der Waals surface area contributed by atoms with Crippen molar-refractivity contribution in [2.24, 2.45) is 5.92 Å². The van der Waals surface area contributed by atoms with Crippen LogP contribution in [0.2, 0.25) is 0 Å². The number of halogens is 1. The van der Waals surface area contributed by atoms with E-state index in [0.29, 0.717) is 0 Å². The molecule has 0 saturated carbocycles. The van der Waals surface area contributed by atoms with Crippen LogP contribution in [0.4, 0.5) is 0 Å². The summed E-state index contributed by atoms with van der Waals surface area (Å²) in [7, 11) is 4.33. The van der Waals surface area contributed by atoms with Crippen LogP contribution in [0.3, 0.4) is 0 Å². The highest BCUT2D eigenvalue weighted by molar-refractivity contribution is 14.1. The zero-order chi connectivity index (χ0) is 8.27. The van der Waals surface area contributed by atoms with E-state index in [4.69, 9.17) is 0 Å². The Morgan fingerprint density at radius 2 is 1.91 bits per heavy atom. The van der Waals surface area contributed by atoms with Crippen molar-refractivity contribution in [3.05, 3.63) is 0 Å². The lowest BCUT2D eigenvalue weighted by molar-refractivity contribution is 0.243. The molecule has 0 aromatic heterocycles. The summed E-state index contributed by atoms with van der Waals surface area (Å²) >= 11 is 2.42. The molecule has 3 heteroatoms. The van der Waals surface area contributed by atoms with Crippen LogP contribution in [0.5, 0.6) is 0 Å². The van der Waals surface area contributed by atoms with Gasteiger partial charge in [0.25, 0.3) is 0 Å². The molecule has 0 atom stereocenters. The molecule has 0 unspecified atom stereocenters. The maximum atomic E-state index is 2.42. The third kappa shape index (κ3) is 3.71. The molecule has 0 spiro atoms. The van der Waals surface area contributed by atoms with Crippen molar-refractivity contribution in [2.75, 3.05) is 33.7 Å². The third-order valence-electron chi connectivity index (χ3n) is 2.18. The summed E-state index contributed by atoms with van der Waals surface area (Å²) in [6.07, 6.45) is 2.75. The Morgan fingerprint density at radius 1 is 1.36 bits per heavy atom. The van der Waals surface area contributed by atoms with Gasteiger partial charge in [0.05, 0.1) is 0 Å². The van der Waals surface area contributed by atoms with Crippen LogP contribution in [-0.4, -0.2) is 41.7 Å². The van der Waals surface area contributed by atoms with Crippen LogP contribution >= 0.6 is 22.9 Å². The van der Waals surface area contributed by atoms with Crippen LogP contribution in [0.25, 0.3) is 0 Å². The Kier molecular flexibility index (Phi) is 4.09. The summed E-state index contributed by atoms with van der Waals surface area (Å²) in [5, 5.41) is 0. The molecule has 0 bridgehead atoms. The molecule has 1 heterocycles. The van der Waals surface area contributed by atoms with Crippen molar-refractivity contribution >= 4 is 22.9 Å². The summed E-state index contributed by atoms with van der Waals surface area (Å²) < 4.78 is 2.39. The van der Waals surface area contributed by atoms with E-state index in [1.54, 1.807) is 0 Å². The average Bonchev–Trinajstić information content (AvgIpc) is 1.93.